The Bertz CT molecular complexity index is 681. The van der Waals surface area contributed by atoms with Crippen LogP contribution in [0.3, 0.4) is 0 Å². The summed E-state index contributed by atoms with van der Waals surface area (Å²) in [5.74, 6) is -1.67. The molecule has 0 aromatic carbocycles. The standard InChI is InChI=1S/C19H24O7/c1-9(2)16(20)25-13-7-19-14(26-19)5-4-11(8-23-18(19)22)6-12-15(13)10(3)17(21)24-12/h6,9,12-15,18,22H,3-5,7-8H2,1-2H3/b11-6+/t12-,13+,14-,15+,18-,19-/m1/s1. The number of carbonyl (C=O) groups is 2. The number of hydrogen-bond acceptors (Lipinski definition) is 7. The van der Waals surface area contributed by atoms with Crippen molar-refractivity contribution in [1.82, 2.24) is 0 Å². The number of hydrogen-bond donors (Lipinski definition) is 1. The number of esters is 2. The van der Waals surface area contributed by atoms with Gasteiger partial charge in [0.05, 0.1) is 24.5 Å². The summed E-state index contributed by atoms with van der Waals surface area (Å²) < 4.78 is 22.7. The minimum Gasteiger partial charge on any atom is -0.461 e. The fraction of sp³-hybridized carbons (Fsp3) is 0.684. The zero-order chi connectivity index (χ0) is 18.6. The van der Waals surface area contributed by atoms with Crippen LogP contribution in [0.4, 0.5) is 0 Å². The lowest BCUT2D eigenvalue weighted by Gasteiger charge is -2.33. The number of epoxide rings is 1. The largest absolute Gasteiger partial charge is 0.461 e. The minimum absolute atomic E-state index is 0.163. The van der Waals surface area contributed by atoms with Gasteiger partial charge in [0.2, 0.25) is 0 Å². The Labute approximate surface area is 151 Å². The molecule has 6 atom stereocenters. The zero-order valence-electron chi connectivity index (χ0n) is 15.0. The number of carbonyl (C=O) groups excluding carboxylic acids is 2. The number of aliphatic hydroxyl groups is 1. The van der Waals surface area contributed by atoms with E-state index >= 15 is 0 Å². The summed E-state index contributed by atoms with van der Waals surface area (Å²) in [6.07, 6.45) is 1.05. The lowest BCUT2D eigenvalue weighted by Crippen LogP contribution is -2.45. The first kappa shape index (κ1) is 17.7. The molecule has 3 saturated heterocycles. The molecule has 2 bridgehead atoms. The first-order chi connectivity index (χ1) is 12.3. The first-order valence-electron chi connectivity index (χ1n) is 9.09. The van der Waals surface area contributed by atoms with Gasteiger partial charge in [-0.2, -0.15) is 0 Å². The number of rotatable bonds is 2. The molecule has 1 aliphatic carbocycles. The molecule has 0 amide bonds. The molecule has 3 fully saturated rings. The average molecular weight is 364 g/mol. The molecule has 4 heterocycles. The highest BCUT2D eigenvalue weighted by Gasteiger charge is 2.65. The van der Waals surface area contributed by atoms with E-state index < -0.39 is 36.0 Å². The van der Waals surface area contributed by atoms with E-state index in [0.717, 1.165) is 18.4 Å². The Hall–Kier alpha value is -1.70. The molecular formula is C19H24O7. The van der Waals surface area contributed by atoms with Gasteiger partial charge in [-0.15, -0.1) is 0 Å². The normalized spacial score (nSPS) is 43.7. The van der Waals surface area contributed by atoms with Crippen LogP contribution >= 0.6 is 0 Å². The second-order valence-electron chi connectivity index (χ2n) is 7.84. The molecule has 0 aromatic heterocycles. The van der Waals surface area contributed by atoms with Gasteiger partial charge in [0.25, 0.3) is 0 Å². The van der Waals surface area contributed by atoms with E-state index in [9.17, 15) is 14.7 Å². The maximum atomic E-state index is 12.3. The van der Waals surface area contributed by atoms with Crippen molar-refractivity contribution in [3.8, 4) is 0 Å². The van der Waals surface area contributed by atoms with Crippen molar-refractivity contribution < 1.29 is 33.6 Å². The molecule has 7 heteroatoms. The molecule has 0 radical (unpaired) electrons. The van der Waals surface area contributed by atoms with Gasteiger partial charge in [0.1, 0.15) is 17.8 Å². The number of fused-ring (bicyclic) bond motifs is 4. The Morgan fingerprint density at radius 1 is 1.46 bits per heavy atom. The SMILES string of the molecule is C=C1C(=O)O[C@@H]2/C=C3\CC[C@H]4O[C@@]4(C[C@H](OC(=O)C(C)C)[C@@H]12)[C@H](O)OC3. The molecule has 7 nitrogen and oxygen atoms in total. The summed E-state index contributed by atoms with van der Waals surface area (Å²) in [4.78, 5) is 24.4. The molecule has 0 unspecified atom stereocenters. The zero-order valence-corrected chi connectivity index (χ0v) is 15.0. The van der Waals surface area contributed by atoms with Crippen molar-refractivity contribution in [3.63, 3.8) is 0 Å². The van der Waals surface area contributed by atoms with E-state index in [1.54, 1.807) is 13.8 Å². The van der Waals surface area contributed by atoms with E-state index in [1.807, 2.05) is 6.08 Å². The van der Waals surface area contributed by atoms with Gasteiger partial charge in [-0.05, 0) is 24.5 Å². The van der Waals surface area contributed by atoms with Gasteiger partial charge in [0, 0.05) is 12.0 Å². The summed E-state index contributed by atoms with van der Waals surface area (Å²) in [7, 11) is 0. The molecule has 4 aliphatic heterocycles. The van der Waals surface area contributed by atoms with Crippen LogP contribution in [-0.2, 0) is 28.5 Å². The lowest BCUT2D eigenvalue weighted by molar-refractivity contribution is -0.168. The van der Waals surface area contributed by atoms with Gasteiger partial charge in [-0.25, -0.2) is 4.79 Å². The van der Waals surface area contributed by atoms with Crippen molar-refractivity contribution in [2.45, 2.75) is 63.3 Å². The molecule has 5 aliphatic rings. The van der Waals surface area contributed by atoms with Crippen LogP contribution in [0.2, 0.25) is 0 Å². The van der Waals surface area contributed by atoms with E-state index in [-0.39, 0.29) is 36.6 Å². The van der Waals surface area contributed by atoms with Crippen LogP contribution in [0.1, 0.15) is 33.1 Å². The van der Waals surface area contributed by atoms with Crippen LogP contribution in [0.25, 0.3) is 0 Å². The molecule has 142 valence electrons. The maximum absolute atomic E-state index is 12.3. The van der Waals surface area contributed by atoms with Crippen LogP contribution in [0.5, 0.6) is 0 Å². The van der Waals surface area contributed by atoms with Gasteiger partial charge in [-0.1, -0.05) is 20.4 Å². The molecule has 1 N–H and O–H groups in total. The highest BCUT2D eigenvalue weighted by Crippen LogP contribution is 2.51. The Balaban J connectivity index is 1.75. The van der Waals surface area contributed by atoms with Gasteiger partial charge in [0.15, 0.2) is 6.29 Å². The topological polar surface area (TPSA) is 94.6 Å². The van der Waals surface area contributed by atoms with E-state index in [0.29, 0.717) is 0 Å². The summed E-state index contributed by atoms with van der Waals surface area (Å²) in [6, 6.07) is 0. The maximum Gasteiger partial charge on any atom is 0.334 e. The molecule has 5 rings (SSSR count). The fourth-order valence-corrected chi connectivity index (χ4v) is 4.13. The molecule has 26 heavy (non-hydrogen) atoms. The highest BCUT2D eigenvalue weighted by atomic mass is 16.7. The highest BCUT2D eigenvalue weighted by molar-refractivity contribution is 5.91. The molecular weight excluding hydrogens is 340 g/mol. The fourth-order valence-electron chi connectivity index (χ4n) is 4.13. The van der Waals surface area contributed by atoms with Crippen molar-refractivity contribution in [3.05, 3.63) is 23.8 Å². The van der Waals surface area contributed by atoms with Gasteiger partial charge in [-0.3, -0.25) is 4.79 Å². The van der Waals surface area contributed by atoms with Crippen LogP contribution in [0, 0.1) is 11.8 Å². The van der Waals surface area contributed by atoms with Crippen molar-refractivity contribution in [1.29, 1.82) is 0 Å². The van der Waals surface area contributed by atoms with Crippen molar-refractivity contribution in [2.24, 2.45) is 11.8 Å². The van der Waals surface area contributed by atoms with E-state index in [1.165, 1.54) is 0 Å². The van der Waals surface area contributed by atoms with Crippen LogP contribution < -0.4 is 0 Å². The van der Waals surface area contributed by atoms with Crippen LogP contribution in [0.15, 0.2) is 23.8 Å². The minimum atomic E-state index is -1.11. The van der Waals surface area contributed by atoms with Crippen LogP contribution in [-0.4, -0.2) is 53.9 Å². The summed E-state index contributed by atoms with van der Waals surface area (Å²) in [5, 5.41) is 10.5. The summed E-state index contributed by atoms with van der Waals surface area (Å²) >= 11 is 0. The average Bonchev–Trinajstić information content (AvgIpc) is 3.20. The Morgan fingerprint density at radius 3 is 2.96 bits per heavy atom. The molecule has 0 aromatic rings. The predicted octanol–water partition coefficient (Wildman–Crippen LogP) is 1.25. The summed E-state index contributed by atoms with van der Waals surface area (Å²) in [5.41, 5.74) is 0.305. The third-order valence-corrected chi connectivity index (χ3v) is 5.74. The lowest BCUT2D eigenvalue weighted by atomic mass is 9.81. The third-order valence-electron chi connectivity index (χ3n) is 5.74. The second-order valence-corrected chi connectivity index (χ2v) is 7.84. The van der Waals surface area contributed by atoms with E-state index in [2.05, 4.69) is 6.58 Å². The summed E-state index contributed by atoms with van der Waals surface area (Å²) in [6.45, 7) is 7.61. The van der Waals surface area contributed by atoms with Gasteiger partial charge < -0.3 is 24.1 Å². The Morgan fingerprint density at radius 2 is 2.23 bits per heavy atom. The quantitative estimate of drug-likeness (QED) is 0.341. The monoisotopic (exact) mass is 364 g/mol. The van der Waals surface area contributed by atoms with Gasteiger partial charge >= 0.3 is 11.9 Å². The van der Waals surface area contributed by atoms with E-state index in [4.69, 9.17) is 18.9 Å². The smallest absolute Gasteiger partial charge is 0.334 e. The Kier molecular flexibility index (Phi) is 4.21. The second kappa shape index (κ2) is 6.18. The molecule has 0 saturated carbocycles. The first-order valence-corrected chi connectivity index (χ1v) is 9.09. The van der Waals surface area contributed by atoms with Crippen molar-refractivity contribution in [2.75, 3.05) is 6.61 Å². The number of aliphatic hydroxyl groups excluding tert-OH is 1. The predicted molar refractivity (Wildman–Crippen MR) is 88.7 cm³/mol. The van der Waals surface area contributed by atoms with Crippen molar-refractivity contribution >= 4 is 11.9 Å². The third kappa shape index (κ3) is 2.78. The molecule has 1 spiro atoms. The number of ether oxygens (including phenoxy) is 4.